The lowest BCUT2D eigenvalue weighted by atomic mass is 9.99. The summed E-state index contributed by atoms with van der Waals surface area (Å²) >= 11 is 1.40. The number of benzene rings is 1. The van der Waals surface area contributed by atoms with Crippen molar-refractivity contribution in [2.75, 3.05) is 27.4 Å². The molecule has 1 aliphatic heterocycles. The van der Waals surface area contributed by atoms with Crippen molar-refractivity contribution in [2.24, 2.45) is 0 Å². The van der Waals surface area contributed by atoms with Gasteiger partial charge in [-0.25, -0.2) is 0 Å². The second-order valence-corrected chi connectivity index (χ2v) is 8.32. The topological polar surface area (TPSA) is 82.1 Å². The Morgan fingerprint density at radius 2 is 1.73 bits per heavy atom. The summed E-state index contributed by atoms with van der Waals surface area (Å²) in [4.78, 5) is 39.8. The van der Waals surface area contributed by atoms with Crippen molar-refractivity contribution in [3.63, 3.8) is 0 Å². The molecular formula is C22H25NO6S. The number of nitrogens with zero attached hydrogens (tertiary/aromatic N) is 1. The molecule has 3 rings (SSSR count). The first kappa shape index (κ1) is 21.8. The van der Waals surface area contributed by atoms with Gasteiger partial charge in [0.05, 0.1) is 25.5 Å². The van der Waals surface area contributed by atoms with Crippen LogP contribution in [0.1, 0.15) is 38.5 Å². The lowest BCUT2D eigenvalue weighted by Crippen LogP contribution is -2.38. The van der Waals surface area contributed by atoms with Crippen molar-refractivity contribution in [1.82, 2.24) is 4.90 Å². The van der Waals surface area contributed by atoms with Crippen LogP contribution < -0.4 is 9.47 Å². The molecule has 7 nitrogen and oxygen atoms in total. The van der Waals surface area contributed by atoms with Crippen LogP contribution in [0.3, 0.4) is 0 Å². The van der Waals surface area contributed by atoms with Crippen molar-refractivity contribution in [2.45, 2.75) is 32.7 Å². The Morgan fingerprint density at radius 3 is 2.37 bits per heavy atom. The third-order valence-electron chi connectivity index (χ3n) is 5.00. The van der Waals surface area contributed by atoms with Gasteiger partial charge in [0, 0.05) is 24.4 Å². The van der Waals surface area contributed by atoms with Gasteiger partial charge in [-0.15, -0.1) is 11.3 Å². The zero-order valence-electron chi connectivity index (χ0n) is 17.4. The largest absolute Gasteiger partial charge is 0.493 e. The maximum atomic E-state index is 12.5. The highest BCUT2D eigenvalue weighted by atomic mass is 32.1. The van der Waals surface area contributed by atoms with Gasteiger partial charge in [0.25, 0.3) is 5.91 Å². The van der Waals surface area contributed by atoms with Crippen LogP contribution in [-0.2, 0) is 27.3 Å². The van der Waals surface area contributed by atoms with E-state index in [1.54, 1.807) is 25.2 Å². The number of thiophene rings is 1. The van der Waals surface area contributed by atoms with Crippen molar-refractivity contribution in [1.29, 1.82) is 0 Å². The molecule has 30 heavy (non-hydrogen) atoms. The van der Waals surface area contributed by atoms with Crippen LogP contribution in [0, 0.1) is 6.92 Å². The number of ether oxygens (including phenoxy) is 3. The Hall–Kier alpha value is -2.87. The van der Waals surface area contributed by atoms with Gasteiger partial charge in [0.2, 0.25) is 0 Å². The molecule has 1 aliphatic rings. The molecule has 0 bridgehead atoms. The molecule has 1 aromatic carbocycles. The quantitative estimate of drug-likeness (QED) is 0.472. The van der Waals surface area contributed by atoms with Crippen LogP contribution in [0.4, 0.5) is 0 Å². The van der Waals surface area contributed by atoms with Gasteiger partial charge in [0.1, 0.15) is 0 Å². The molecule has 0 N–H and O–H groups in total. The number of amides is 1. The standard InChI is InChI=1S/C22H25NO6S/c1-14-4-6-20(30-14)17(24)5-7-22(26)29-13-21(25)23-9-8-15-10-18(27-2)19(28-3)11-16(15)12-23/h4,6,10-11H,5,7-9,12-13H2,1-3H3. The first-order chi connectivity index (χ1) is 14.4. The molecule has 160 valence electrons. The minimum absolute atomic E-state index is 0.0388. The minimum Gasteiger partial charge on any atom is -0.493 e. The molecule has 0 radical (unpaired) electrons. The summed E-state index contributed by atoms with van der Waals surface area (Å²) in [5, 5.41) is 0. The number of hydrogen-bond donors (Lipinski definition) is 0. The number of ketones is 1. The molecule has 0 saturated carbocycles. The van der Waals surface area contributed by atoms with E-state index in [1.807, 2.05) is 25.1 Å². The molecule has 0 spiro atoms. The Labute approximate surface area is 179 Å². The van der Waals surface area contributed by atoms with Gasteiger partial charge in [-0.05, 0) is 48.7 Å². The normalized spacial score (nSPS) is 12.8. The fourth-order valence-corrected chi connectivity index (χ4v) is 4.16. The van der Waals surface area contributed by atoms with E-state index < -0.39 is 5.97 Å². The summed E-state index contributed by atoms with van der Waals surface area (Å²) in [7, 11) is 3.16. The van der Waals surface area contributed by atoms with Crippen LogP contribution in [0.2, 0.25) is 0 Å². The van der Waals surface area contributed by atoms with Crippen molar-refractivity contribution in [3.05, 3.63) is 45.1 Å². The molecular weight excluding hydrogens is 406 g/mol. The van der Waals surface area contributed by atoms with Gasteiger partial charge in [-0.3, -0.25) is 14.4 Å². The zero-order chi connectivity index (χ0) is 21.7. The average Bonchev–Trinajstić information content (AvgIpc) is 3.20. The van der Waals surface area contributed by atoms with E-state index in [0.29, 0.717) is 35.9 Å². The highest BCUT2D eigenvalue weighted by molar-refractivity contribution is 7.14. The fraction of sp³-hybridized carbons (Fsp3) is 0.409. The third kappa shape index (κ3) is 5.18. The molecule has 0 atom stereocenters. The molecule has 0 fully saturated rings. The number of Topliss-reactive ketones (excluding diaryl/α,β-unsaturated/α-hetero) is 1. The zero-order valence-corrected chi connectivity index (χ0v) is 18.2. The molecule has 0 aliphatic carbocycles. The lowest BCUT2D eigenvalue weighted by Gasteiger charge is -2.29. The van der Waals surface area contributed by atoms with E-state index in [2.05, 4.69) is 0 Å². The number of carbonyl (C=O) groups is 3. The van der Waals surface area contributed by atoms with Crippen molar-refractivity contribution in [3.8, 4) is 11.5 Å². The van der Waals surface area contributed by atoms with E-state index in [1.165, 1.54) is 11.3 Å². The lowest BCUT2D eigenvalue weighted by molar-refractivity contribution is -0.152. The molecule has 0 saturated heterocycles. The molecule has 1 aromatic heterocycles. The second-order valence-electron chi connectivity index (χ2n) is 7.04. The predicted molar refractivity (Wildman–Crippen MR) is 112 cm³/mol. The second kappa shape index (κ2) is 9.75. The number of rotatable bonds is 8. The Kier molecular flexibility index (Phi) is 7.10. The van der Waals surface area contributed by atoms with Gasteiger partial charge in [-0.1, -0.05) is 0 Å². The van der Waals surface area contributed by atoms with E-state index in [0.717, 1.165) is 16.0 Å². The maximum absolute atomic E-state index is 12.5. The van der Waals surface area contributed by atoms with E-state index >= 15 is 0 Å². The number of hydrogen-bond acceptors (Lipinski definition) is 7. The number of fused-ring (bicyclic) bond motifs is 1. The highest BCUT2D eigenvalue weighted by Gasteiger charge is 2.24. The number of carbonyl (C=O) groups excluding carboxylic acids is 3. The van der Waals surface area contributed by atoms with Gasteiger partial charge >= 0.3 is 5.97 Å². The Balaban J connectivity index is 1.48. The number of aryl methyl sites for hydroxylation is 1. The molecule has 1 amide bonds. The van der Waals surface area contributed by atoms with E-state index in [4.69, 9.17) is 14.2 Å². The van der Waals surface area contributed by atoms with Gasteiger partial charge in [-0.2, -0.15) is 0 Å². The molecule has 0 unspecified atom stereocenters. The Morgan fingerprint density at radius 1 is 1.03 bits per heavy atom. The van der Waals surface area contributed by atoms with Gasteiger partial charge < -0.3 is 19.1 Å². The van der Waals surface area contributed by atoms with Crippen LogP contribution >= 0.6 is 11.3 Å². The fourth-order valence-electron chi connectivity index (χ4n) is 3.32. The van der Waals surface area contributed by atoms with E-state index in [-0.39, 0.29) is 31.1 Å². The summed E-state index contributed by atoms with van der Waals surface area (Å²) in [6, 6.07) is 7.44. The third-order valence-corrected chi connectivity index (χ3v) is 6.04. The van der Waals surface area contributed by atoms with Gasteiger partial charge in [0.15, 0.2) is 23.9 Å². The number of methoxy groups -OCH3 is 2. The maximum Gasteiger partial charge on any atom is 0.306 e. The van der Waals surface area contributed by atoms with Crippen LogP contribution in [-0.4, -0.2) is 49.9 Å². The van der Waals surface area contributed by atoms with Crippen LogP contribution in [0.5, 0.6) is 11.5 Å². The first-order valence-corrected chi connectivity index (χ1v) is 10.5. The smallest absolute Gasteiger partial charge is 0.306 e. The summed E-state index contributed by atoms with van der Waals surface area (Å²) in [5.41, 5.74) is 2.09. The first-order valence-electron chi connectivity index (χ1n) is 9.68. The predicted octanol–water partition coefficient (Wildman–Crippen LogP) is 3.16. The monoisotopic (exact) mass is 431 g/mol. The summed E-state index contributed by atoms with van der Waals surface area (Å²) < 4.78 is 15.8. The van der Waals surface area contributed by atoms with Crippen LogP contribution in [0.15, 0.2) is 24.3 Å². The average molecular weight is 432 g/mol. The summed E-state index contributed by atoms with van der Waals surface area (Å²) in [6.45, 7) is 2.55. The number of esters is 1. The molecule has 2 heterocycles. The minimum atomic E-state index is -0.547. The summed E-state index contributed by atoms with van der Waals surface area (Å²) in [6.07, 6.45) is 0.721. The SMILES string of the molecule is COc1cc2c(cc1OC)CN(C(=O)COC(=O)CCC(=O)c1ccc(C)s1)CC2. The van der Waals surface area contributed by atoms with Crippen molar-refractivity contribution < 1.29 is 28.6 Å². The summed E-state index contributed by atoms with van der Waals surface area (Å²) in [5.74, 6) is 0.381. The molecule has 2 aromatic rings. The van der Waals surface area contributed by atoms with E-state index in [9.17, 15) is 14.4 Å². The Bertz CT molecular complexity index is 951. The highest BCUT2D eigenvalue weighted by Crippen LogP contribution is 2.33. The van der Waals surface area contributed by atoms with Crippen LogP contribution in [0.25, 0.3) is 0 Å². The van der Waals surface area contributed by atoms with Crippen molar-refractivity contribution >= 4 is 29.0 Å². The molecule has 8 heteroatoms.